The molecule has 0 saturated heterocycles. The van der Waals surface area contributed by atoms with Gasteiger partial charge >= 0.3 is 0 Å². The molecule has 6 atom stereocenters. The first-order valence-electron chi connectivity index (χ1n) is 19.8. The Hall–Kier alpha value is -5.45. The molecule has 3 aliphatic rings. The van der Waals surface area contributed by atoms with E-state index >= 15 is 0 Å². The van der Waals surface area contributed by atoms with Crippen LogP contribution in [0.15, 0.2) is 205 Å². The number of nitrogens with two attached hydrogens (primary N) is 2. The first-order valence-corrected chi connectivity index (χ1v) is 19.8. The van der Waals surface area contributed by atoms with Crippen LogP contribution in [0.3, 0.4) is 0 Å². The van der Waals surface area contributed by atoms with Crippen LogP contribution < -0.4 is 16.2 Å². The highest BCUT2D eigenvalue weighted by Gasteiger charge is 2.24. The van der Waals surface area contributed by atoms with Crippen LogP contribution in [0.5, 0.6) is 5.75 Å². The van der Waals surface area contributed by atoms with Crippen LogP contribution >= 0.6 is 0 Å². The average molecular weight is 730 g/mol. The van der Waals surface area contributed by atoms with E-state index in [1.54, 1.807) is 0 Å². The second-order valence-corrected chi connectivity index (χ2v) is 14.7. The maximum atomic E-state index is 6.73. The maximum absolute atomic E-state index is 6.73. The topological polar surface area (TPSA) is 73.6 Å². The summed E-state index contributed by atoms with van der Waals surface area (Å²) in [6.07, 6.45) is 38.8. The first-order chi connectivity index (χ1) is 26.8. The molecule has 0 fully saturated rings. The lowest BCUT2D eigenvalue weighted by atomic mass is 9.77. The Morgan fingerprint density at radius 1 is 0.836 bits per heavy atom. The smallest absolute Gasteiger partial charge is 0.129 e. The second kappa shape index (κ2) is 20.9. The van der Waals surface area contributed by atoms with Crippen molar-refractivity contribution in [2.75, 3.05) is 6.54 Å². The predicted octanol–water partition coefficient (Wildman–Crippen LogP) is 11.7. The van der Waals surface area contributed by atoms with Crippen molar-refractivity contribution in [3.8, 4) is 5.75 Å². The number of nitrogens with zero attached hydrogens (tertiary/aromatic N) is 1. The van der Waals surface area contributed by atoms with Gasteiger partial charge in [-0.1, -0.05) is 173 Å². The monoisotopic (exact) mass is 729 g/mol. The van der Waals surface area contributed by atoms with E-state index in [0.717, 1.165) is 59.3 Å². The quantitative estimate of drug-likeness (QED) is 0.0527. The molecule has 0 radical (unpaired) electrons. The van der Waals surface area contributed by atoms with Crippen LogP contribution in [0.2, 0.25) is 0 Å². The van der Waals surface area contributed by atoms with Crippen LogP contribution in [0.1, 0.15) is 56.1 Å². The zero-order chi connectivity index (χ0) is 39.0. The van der Waals surface area contributed by atoms with Crippen molar-refractivity contribution in [1.82, 2.24) is 0 Å². The van der Waals surface area contributed by atoms with E-state index in [4.69, 9.17) is 21.2 Å². The summed E-state index contributed by atoms with van der Waals surface area (Å²) in [6.45, 7) is 18.1. The molecule has 2 aromatic rings. The third kappa shape index (κ3) is 11.8. The minimum Gasteiger partial charge on any atom is -0.464 e. The van der Waals surface area contributed by atoms with Crippen LogP contribution in [0, 0.1) is 30.6 Å². The largest absolute Gasteiger partial charge is 0.464 e. The van der Waals surface area contributed by atoms with Gasteiger partial charge in [-0.25, -0.2) is 0 Å². The van der Waals surface area contributed by atoms with E-state index in [1.165, 1.54) is 11.1 Å². The SMILES string of the molecule is C=C(CCC(=C)/C(=C\Oc1ccccc1C)CCC)C(N)=NC(/C=C/C1C=CC=C(C(=C)C2C=CC=CC2CN)C1)/C=C/C1C=CC=CC1c1ccccc1. The minimum atomic E-state index is -0.271. The molecule has 0 saturated carbocycles. The Kier molecular flexibility index (Phi) is 15.4. The van der Waals surface area contributed by atoms with Gasteiger partial charge in [-0.15, -0.1) is 0 Å². The van der Waals surface area contributed by atoms with Crippen LogP contribution in [0.25, 0.3) is 0 Å². The number of allylic oxidation sites excluding steroid dienone is 16. The average Bonchev–Trinajstić information content (AvgIpc) is 3.23. The molecule has 0 amide bonds. The van der Waals surface area contributed by atoms with Crippen molar-refractivity contribution in [3.63, 3.8) is 0 Å². The van der Waals surface area contributed by atoms with Gasteiger partial charge < -0.3 is 16.2 Å². The van der Waals surface area contributed by atoms with E-state index < -0.39 is 0 Å². The standard InChI is InChI=1S/C51H59N3O/c1-6-17-46(36-55-50-27-15-10-18-38(50)3)37(2)28-29-39(4)51(53)54-47(33-31-43-22-11-14-26-49(43)42-20-8-7-9-21-42)32-30-41-19-16-24-44(34-41)40(5)48-25-13-12-23-45(48)35-52/h7-16,18-27,30-33,36,41,43,45,47-49H,2,4-6,17,28-29,34-35,52H2,1,3H3,(H2,53,54)/b32-30+,33-31+,46-36-. The van der Waals surface area contributed by atoms with Gasteiger partial charge in [-0.2, -0.15) is 0 Å². The Morgan fingerprint density at radius 3 is 2.33 bits per heavy atom. The van der Waals surface area contributed by atoms with E-state index in [9.17, 15) is 0 Å². The van der Waals surface area contributed by atoms with Gasteiger partial charge in [-0.05, 0) is 96.0 Å². The Labute approximate surface area is 330 Å². The summed E-state index contributed by atoms with van der Waals surface area (Å²) >= 11 is 0. The highest BCUT2D eigenvalue weighted by atomic mass is 16.5. The van der Waals surface area contributed by atoms with Crippen molar-refractivity contribution in [3.05, 3.63) is 211 Å². The number of amidine groups is 1. The summed E-state index contributed by atoms with van der Waals surface area (Å²) in [5.74, 6) is 2.43. The molecule has 0 aliphatic heterocycles. The molecule has 0 spiro atoms. The van der Waals surface area contributed by atoms with Gasteiger partial charge in [0, 0.05) is 17.8 Å². The van der Waals surface area contributed by atoms with Crippen molar-refractivity contribution in [2.45, 2.75) is 57.9 Å². The van der Waals surface area contributed by atoms with Crippen molar-refractivity contribution < 1.29 is 4.74 Å². The normalized spacial score (nSPS) is 23.0. The fourth-order valence-corrected chi connectivity index (χ4v) is 7.26. The summed E-state index contributed by atoms with van der Waals surface area (Å²) in [4.78, 5) is 5.06. The van der Waals surface area contributed by atoms with Crippen LogP contribution in [-0.2, 0) is 0 Å². The lowest BCUT2D eigenvalue weighted by Gasteiger charge is -2.28. The molecule has 5 rings (SSSR count). The third-order valence-corrected chi connectivity index (χ3v) is 10.7. The predicted molar refractivity (Wildman–Crippen MR) is 236 cm³/mol. The molecule has 0 bridgehead atoms. The van der Waals surface area contributed by atoms with Gasteiger partial charge in [0.05, 0.1) is 12.3 Å². The molecule has 0 aromatic heterocycles. The van der Waals surface area contributed by atoms with E-state index in [-0.39, 0.29) is 35.6 Å². The Morgan fingerprint density at radius 2 is 1.55 bits per heavy atom. The van der Waals surface area contributed by atoms with Crippen molar-refractivity contribution >= 4 is 5.84 Å². The van der Waals surface area contributed by atoms with E-state index in [0.29, 0.717) is 18.8 Å². The molecule has 4 N–H and O–H groups in total. The van der Waals surface area contributed by atoms with Gasteiger partial charge in [0.2, 0.25) is 0 Å². The summed E-state index contributed by atoms with van der Waals surface area (Å²) in [5.41, 5.74) is 20.6. The fraction of sp³-hybridized carbons (Fsp3) is 0.275. The molecule has 4 heteroatoms. The second-order valence-electron chi connectivity index (χ2n) is 14.7. The summed E-state index contributed by atoms with van der Waals surface area (Å²) in [7, 11) is 0. The number of aryl methyl sites for hydroxylation is 1. The number of hydrogen-bond donors (Lipinski definition) is 2. The summed E-state index contributed by atoms with van der Waals surface area (Å²) < 4.78 is 6.09. The molecule has 6 unspecified atom stereocenters. The van der Waals surface area contributed by atoms with Gasteiger partial charge in [0.25, 0.3) is 0 Å². The molecular formula is C51H59N3O. The van der Waals surface area contributed by atoms with Crippen molar-refractivity contribution in [1.29, 1.82) is 0 Å². The maximum Gasteiger partial charge on any atom is 0.129 e. The van der Waals surface area contributed by atoms with Crippen LogP contribution in [-0.4, -0.2) is 18.4 Å². The highest BCUT2D eigenvalue weighted by molar-refractivity contribution is 5.96. The first kappa shape index (κ1) is 40.7. The lowest BCUT2D eigenvalue weighted by Crippen LogP contribution is -2.24. The molecule has 0 heterocycles. The molecule has 4 nitrogen and oxygen atoms in total. The number of benzene rings is 2. The molecule has 55 heavy (non-hydrogen) atoms. The number of hydrogen-bond acceptors (Lipinski definition) is 3. The van der Waals surface area contributed by atoms with E-state index in [1.807, 2.05) is 24.5 Å². The van der Waals surface area contributed by atoms with E-state index in [2.05, 4.69) is 161 Å². The molecule has 3 aliphatic carbocycles. The summed E-state index contributed by atoms with van der Waals surface area (Å²) in [5, 5.41) is 0. The van der Waals surface area contributed by atoms with Crippen LogP contribution in [0.4, 0.5) is 0 Å². The van der Waals surface area contributed by atoms with Gasteiger partial charge in [-0.3, -0.25) is 4.99 Å². The third-order valence-electron chi connectivity index (χ3n) is 10.7. The Balaban J connectivity index is 1.31. The molecule has 2 aromatic carbocycles. The zero-order valence-electron chi connectivity index (χ0n) is 32.8. The minimum absolute atomic E-state index is 0.192. The highest BCUT2D eigenvalue weighted by Crippen LogP contribution is 2.35. The zero-order valence-corrected chi connectivity index (χ0v) is 32.8. The van der Waals surface area contributed by atoms with Gasteiger partial charge in [0.15, 0.2) is 0 Å². The number of ether oxygens (including phenoxy) is 1. The fourth-order valence-electron chi connectivity index (χ4n) is 7.26. The Bertz CT molecular complexity index is 1960. The van der Waals surface area contributed by atoms with Crippen molar-refractivity contribution in [2.24, 2.45) is 40.1 Å². The number of para-hydroxylation sites is 1. The van der Waals surface area contributed by atoms with Gasteiger partial charge in [0.1, 0.15) is 11.6 Å². The molecular weight excluding hydrogens is 671 g/mol. The number of aliphatic imine (C=N–C) groups is 1. The lowest BCUT2D eigenvalue weighted by molar-refractivity contribution is 0.469. The summed E-state index contributed by atoms with van der Waals surface area (Å²) in [6, 6.07) is 18.4. The molecule has 284 valence electrons. The number of rotatable bonds is 18.